The third kappa shape index (κ3) is 3.09. The fourth-order valence-electron chi connectivity index (χ4n) is 1.95. The number of nitrogens with two attached hydrogens (primary N) is 1. The molecule has 0 saturated heterocycles. The topological polar surface area (TPSA) is 50.9 Å². The Kier molecular flexibility index (Phi) is 4.27. The molecule has 2 aromatic rings. The van der Waals surface area contributed by atoms with Crippen LogP contribution >= 0.6 is 11.6 Å². The maximum atomic E-state index is 13.0. The van der Waals surface area contributed by atoms with Gasteiger partial charge in [0.15, 0.2) is 0 Å². The van der Waals surface area contributed by atoms with Crippen LogP contribution in [-0.4, -0.2) is 4.98 Å². The van der Waals surface area contributed by atoms with Crippen LogP contribution in [0.25, 0.3) is 0 Å². The second-order valence-corrected chi connectivity index (χ2v) is 4.55. The average molecular weight is 302 g/mol. The van der Waals surface area contributed by atoms with E-state index < -0.39 is 17.8 Å². The Hall–Kier alpha value is -1.63. The number of nitrogens with one attached hydrogen (secondary N) is 1. The van der Waals surface area contributed by atoms with Gasteiger partial charge in [0.1, 0.15) is 0 Å². The lowest BCUT2D eigenvalue weighted by Gasteiger charge is -2.21. The highest BCUT2D eigenvalue weighted by molar-refractivity contribution is 6.30. The number of hydrogen-bond acceptors (Lipinski definition) is 3. The van der Waals surface area contributed by atoms with E-state index in [4.69, 9.17) is 17.4 Å². The van der Waals surface area contributed by atoms with Crippen molar-refractivity contribution in [2.24, 2.45) is 5.84 Å². The molecule has 0 saturated carbocycles. The Balaban J connectivity index is 2.53. The van der Waals surface area contributed by atoms with E-state index in [-0.39, 0.29) is 5.56 Å². The van der Waals surface area contributed by atoms with Gasteiger partial charge in [0, 0.05) is 23.0 Å². The highest BCUT2D eigenvalue weighted by atomic mass is 35.5. The first-order valence-electron chi connectivity index (χ1n) is 5.66. The molecule has 1 aromatic carbocycles. The van der Waals surface area contributed by atoms with E-state index in [9.17, 15) is 13.2 Å². The molecule has 3 N–H and O–H groups in total. The molecule has 1 unspecified atom stereocenters. The summed E-state index contributed by atoms with van der Waals surface area (Å²) in [5, 5.41) is 0.417. The van der Waals surface area contributed by atoms with Crippen molar-refractivity contribution in [1.29, 1.82) is 0 Å². The largest absolute Gasteiger partial charge is 0.416 e. The van der Waals surface area contributed by atoms with Crippen molar-refractivity contribution in [2.75, 3.05) is 0 Å². The molecule has 1 atom stereocenters. The molecule has 0 bridgehead atoms. The van der Waals surface area contributed by atoms with E-state index in [1.807, 2.05) is 0 Å². The number of halogens is 4. The van der Waals surface area contributed by atoms with Crippen molar-refractivity contribution in [3.8, 4) is 0 Å². The fraction of sp³-hybridized carbons (Fsp3) is 0.154. The first-order chi connectivity index (χ1) is 9.43. The molecule has 2 rings (SSSR count). The van der Waals surface area contributed by atoms with Crippen LogP contribution in [0.5, 0.6) is 0 Å². The number of alkyl halides is 3. The third-order valence-electron chi connectivity index (χ3n) is 2.82. The highest BCUT2D eigenvalue weighted by Gasteiger charge is 2.35. The summed E-state index contributed by atoms with van der Waals surface area (Å²) < 4.78 is 39.1. The van der Waals surface area contributed by atoms with Gasteiger partial charge in [-0.15, -0.1) is 0 Å². The van der Waals surface area contributed by atoms with E-state index >= 15 is 0 Å². The first kappa shape index (κ1) is 14.8. The van der Waals surface area contributed by atoms with Gasteiger partial charge >= 0.3 is 6.18 Å². The van der Waals surface area contributed by atoms with Crippen LogP contribution in [0, 0.1) is 0 Å². The van der Waals surface area contributed by atoms with E-state index in [0.29, 0.717) is 10.6 Å². The van der Waals surface area contributed by atoms with Crippen molar-refractivity contribution in [1.82, 2.24) is 10.4 Å². The van der Waals surface area contributed by atoms with E-state index in [1.165, 1.54) is 0 Å². The summed E-state index contributed by atoms with van der Waals surface area (Å²) in [6, 6.07) is 6.55. The van der Waals surface area contributed by atoms with Crippen LogP contribution in [0.1, 0.15) is 22.7 Å². The molecule has 1 heterocycles. The van der Waals surface area contributed by atoms with E-state index in [1.54, 1.807) is 24.3 Å². The molecule has 0 aliphatic heterocycles. The number of hydrazine groups is 1. The Morgan fingerprint density at radius 1 is 1.25 bits per heavy atom. The molecule has 0 aliphatic rings. The van der Waals surface area contributed by atoms with Crippen molar-refractivity contribution in [3.05, 3.63) is 64.4 Å². The molecule has 20 heavy (non-hydrogen) atoms. The molecular weight excluding hydrogens is 291 g/mol. The maximum absolute atomic E-state index is 13.0. The second-order valence-electron chi connectivity index (χ2n) is 4.12. The van der Waals surface area contributed by atoms with Gasteiger partial charge in [-0.1, -0.05) is 23.7 Å². The Morgan fingerprint density at radius 2 is 2.00 bits per heavy atom. The zero-order chi connectivity index (χ0) is 14.8. The third-order valence-corrected chi connectivity index (χ3v) is 3.05. The minimum Gasteiger partial charge on any atom is -0.271 e. The van der Waals surface area contributed by atoms with Gasteiger partial charge in [-0.2, -0.15) is 13.2 Å². The Bertz CT molecular complexity index is 601. The van der Waals surface area contributed by atoms with Crippen LogP contribution in [0.2, 0.25) is 5.02 Å². The Morgan fingerprint density at radius 3 is 2.60 bits per heavy atom. The van der Waals surface area contributed by atoms with Gasteiger partial charge in [-0.05, 0) is 23.8 Å². The number of aromatic nitrogens is 1. The predicted octanol–water partition coefficient (Wildman–Crippen LogP) is 3.31. The molecule has 3 nitrogen and oxygen atoms in total. The number of hydrogen-bond donors (Lipinski definition) is 2. The number of rotatable bonds is 3. The molecule has 0 radical (unpaired) electrons. The molecule has 0 amide bonds. The molecule has 0 aliphatic carbocycles. The molecule has 106 valence electrons. The summed E-state index contributed by atoms with van der Waals surface area (Å²) in [7, 11) is 0. The fourth-order valence-corrected chi connectivity index (χ4v) is 2.15. The summed E-state index contributed by atoms with van der Waals surface area (Å²) in [5.74, 6) is 5.41. The maximum Gasteiger partial charge on any atom is 0.416 e. The average Bonchev–Trinajstić information content (AvgIpc) is 2.39. The van der Waals surface area contributed by atoms with Gasteiger partial charge in [0.25, 0.3) is 0 Å². The first-order valence-corrected chi connectivity index (χ1v) is 6.04. The molecule has 0 spiro atoms. The number of pyridine rings is 1. The Labute approximate surface area is 118 Å². The lowest BCUT2D eigenvalue weighted by molar-refractivity contribution is -0.138. The summed E-state index contributed by atoms with van der Waals surface area (Å²) in [6.07, 6.45) is -2.24. The lowest BCUT2D eigenvalue weighted by atomic mass is 9.96. The molecule has 0 fully saturated rings. The number of nitrogens with zero attached hydrogens (tertiary/aromatic N) is 1. The molecule has 7 heteroatoms. The van der Waals surface area contributed by atoms with Gasteiger partial charge in [-0.3, -0.25) is 10.8 Å². The van der Waals surface area contributed by atoms with E-state index in [0.717, 1.165) is 18.5 Å². The summed E-state index contributed by atoms with van der Waals surface area (Å²) >= 11 is 5.86. The van der Waals surface area contributed by atoms with Crippen LogP contribution in [-0.2, 0) is 6.18 Å². The van der Waals surface area contributed by atoms with Crippen molar-refractivity contribution >= 4 is 11.6 Å². The minimum atomic E-state index is -4.48. The quantitative estimate of drug-likeness (QED) is 0.675. The van der Waals surface area contributed by atoms with Crippen molar-refractivity contribution in [2.45, 2.75) is 12.2 Å². The van der Waals surface area contributed by atoms with Crippen LogP contribution < -0.4 is 11.3 Å². The summed E-state index contributed by atoms with van der Waals surface area (Å²) in [5.41, 5.74) is 2.07. The minimum absolute atomic E-state index is 0.0511. The SMILES string of the molecule is NNC(c1cccc(Cl)c1)c1cnccc1C(F)(F)F. The zero-order valence-corrected chi connectivity index (χ0v) is 10.9. The zero-order valence-electron chi connectivity index (χ0n) is 10.2. The van der Waals surface area contributed by atoms with Gasteiger partial charge in [-0.25, -0.2) is 5.43 Å². The second kappa shape index (κ2) is 5.78. The number of benzene rings is 1. The standard InChI is InChI=1S/C13H11ClF3N3/c14-9-3-1-2-8(6-9)12(20-18)10-7-19-5-4-11(10)13(15,16)17/h1-7,12,20H,18H2. The molecule has 1 aromatic heterocycles. The summed E-state index contributed by atoms with van der Waals surface area (Å²) in [6.45, 7) is 0. The predicted molar refractivity (Wildman–Crippen MR) is 69.9 cm³/mol. The van der Waals surface area contributed by atoms with Gasteiger partial charge < -0.3 is 0 Å². The van der Waals surface area contributed by atoms with Crippen LogP contribution in [0.3, 0.4) is 0 Å². The lowest BCUT2D eigenvalue weighted by Crippen LogP contribution is -2.30. The van der Waals surface area contributed by atoms with Crippen LogP contribution in [0.4, 0.5) is 13.2 Å². The summed E-state index contributed by atoms with van der Waals surface area (Å²) in [4.78, 5) is 3.75. The van der Waals surface area contributed by atoms with E-state index in [2.05, 4.69) is 10.4 Å². The molecular formula is C13H11ClF3N3. The van der Waals surface area contributed by atoms with Gasteiger partial charge in [0.2, 0.25) is 0 Å². The monoisotopic (exact) mass is 301 g/mol. The highest BCUT2D eigenvalue weighted by Crippen LogP contribution is 2.36. The smallest absolute Gasteiger partial charge is 0.271 e. The normalized spacial score (nSPS) is 13.2. The van der Waals surface area contributed by atoms with Gasteiger partial charge in [0.05, 0.1) is 11.6 Å². The van der Waals surface area contributed by atoms with Crippen molar-refractivity contribution < 1.29 is 13.2 Å². The van der Waals surface area contributed by atoms with Crippen LogP contribution in [0.15, 0.2) is 42.7 Å². The van der Waals surface area contributed by atoms with Crippen molar-refractivity contribution in [3.63, 3.8) is 0 Å².